The first kappa shape index (κ1) is 72.0. The van der Waals surface area contributed by atoms with E-state index >= 15 is 0 Å². The number of benzene rings is 8. The number of hydrogen-bond donors (Lipinski definition) is 0. The van der Waals surface area contributed by atoms with E-state index in [1.165, 1.54) is 109 Å². The first-order valence-corrected chi connectivity index (χ1v) is 38.6. The number of methoxy groups -OCH3 is 4. The Morgan fingerprint density at radius 1 is 0.281 bits per heavy atom. The molecule has 0 N–H and O–H groups in total. The van der Waals surface area contributed by atoms with E-state index in [4.69, 9.17) is 38.3 Å². The Balaban J connectivity index is 0.00000368. The summed E-state index contributed by atoms with van der Waals surface area (Å²) >= 11 is -0.346. The van der Waals surface area contributed by atoms with Gasteiger partial charge >= 0.3 is 34.5 Å². The zero-order chi connectivity index (χ0) is 66.7. The van der Waals surface area contributed by atoms with Gasteiger partial charge in [0.2, 0.25) is 0 Å². The Kier molecular flexibility index (Phi) is 21.4. The summed E-state index contributed by atoms with van der Waals surface area (Å²) in [6.45, 7) is 56.1. The Morgan fingerprint density at radius 2 is 0.461 bits per heavy atom. The van der Waals surface area contributed by atoms with Crippen molar-refractivity contribution < 1.29 is 34.1 Å². The number of halogens is 2. The molecule has 89 heavy (non-hydrogen) atoms. The first-order valence-electron chi connectivity index (χ1n) is 31.4. The van der Waals surface area contributed by atoms with Crippen LogP contribution >= 0.6 is 35.2 Å². The number of fused-ring (bicyclic) bond motifs is 2. The standard InChI is InChI=1S/C80H104O4P2.2ClH.Ru/c1-73(2,3)57-41-51(42-58(69(57)81-25)74(4,5)6)85(52-43-59(75(7,8)9)70(82-26)60(44-52)76(10,11)12)65-39-37-49-33-29-31-35-55(49)67(65)68-56-36-32-30-34-50(56)38-40-66(68)86(53-45-61(77(13,14)15)71(83-27)62(46-53)78(16,17)18)54-47-63(79(19,20)21)72(84-28)64(48-54)80(22,23)24;;;/h29-48H,1-28H3;2*1H;/q;;;+2/p-2. The number of rotatable bonds is 11. The monoisotopic (exact) mass is 1360 g/mol. The van der Waals surface area contributed by atoms with Gasteiger partial charge in [-0.1, -0.05) is 239 Å². The number of hydrogen-bond acceptors (Lipinski definition) is 4. The molecule has 0 bridgehead atoms. The SMILES string of the molecule is COc1c(C(C)(C)C)cc(P(c2cc(C(C)(C)C)c(OC)c(C(C)(C)C)c2)c2ccc3ccccc3c2-c2c(P(c3cc(C(C)(C)C)c(OC)c(C(C)(C)C)c3)c3cc(C(C)(C)C)c(OC)c(C(C)(C)C)c3)ccc3ccccc23)cc1C(C)(C)C.[Cl][Ru][Cl]. The first-order chi connectivity index (χ1) is 41.0. The van der Waals surface area contributed by atoms with Crippen molar-refractivity contribution in [3.05, 3.63) is 166 Å². The summed E-state index contributed by atoms with van der Waals surface area (Å²) in [4.78, 5) is 0. The summed E-state index contributed by atoms with van der Waals surface area (Å²) in [5.41, 5.74) is 10.3. The summed E-state index contributed by atoms with van der Waals surface area (Å²) in [6.07, 6.45) is 0. The van der Waals surface area contributed by atoms with Crippen LogP contribution in [0.25, 0.3) is 32.7 Å². The average Bonchev–Trinajstić information content (AvgIpc) is 0.743. The van der Waals surface area contributed by atoms with Crippen molar-refractivity contribution in [2.24, 2.45) is 0 Å². The van der Waals surface area contributed by atoms with Crippen LogP contribution in [-0.2, 0) is 58.5 Å². The average molecular weight is 1360 g/mol. The van der Waals surface area contributed by atoms with Gasteiger partial charge in [-0.15, -0.1) is 0 Å². The van der Waals surface area contributed by atoms with Crippen molar-refractivity contribution in [1.29, 1.82) is 0 Å². The molecule has 0 radical (unpaired) electrons. The van der Waals surface area contributed by atoms with Crippen LogP contribution in [-0.4, -0.2) is 28.4 Å². The van der Waals surface area contributed by atoms with E-state index in [0.29, 0.717) is 0 Å². The van der Waals surface area contributed by atoms with Crippen LogP contribution in [0, 0.1) is 0 Å². The zero-order valence-corrected chi connectivity index (χ0v) is 64.2. The Hall–Kier alpha value is -4.46. The van der Waals surface area contributed by atoms with Crippen LogP contribution in [0.4, 0.5) is 0 Å². The molecule has 8 rings (SSSR count). The van der Waals surface area contributed by atoms with Crippen LogP contribution in [0.2, 0.25) is 0 Å². The van der Waals surface area contributed by atoms with Gasteiger partial charge in [0.1, 0.15) is 23.0 Å². The van der Waals surface area contributed by atoms with Crippen LogP contribution < -0.4 is 50.8 Å². The molecule has 0 heterocycles. The van der Waals surface area contributed by atoms with Gasteiger partial charge in [-0.2, -0.15) is 0 Å². The molecule has 0 aliphatic carbocycles. The molecule has 0 aromatic heterocycles. The second-order valence-corrected chi connectivity index (χ2v) is 39.4. The molecule has 0 saturated carbocycles. The molecule has 4 nitrogen and oxygen atoms in total. The Bertz CT molecular complexity index is 3320. The van der Waals surface area contributed by atoms with E-state index in [1.807, 2.05) is 28.4 Å². The summed E-state index contributed by atoms with van der Waals surface area (Å²) in [7, 11) is 14.4. The predicted molar refractivity (Wildman–Crippen MR) is 392 cm³/mol. The Morgan fingerprint density at radius 3 is 0.629 bits per heavy atom. The molecule has 0 amide bonds. The Labute approximate surface area is 556 Å². The third-order valence-corrected chi connectivity index (χ3v) is 22.0. The minimum atomic E-state index is -1.38. The second-order valence-electron chi connectivity index (χ2n) is 32.4. The topological polar surface area (TPSA) is 36.9 Å². The van der Waals surface area contributed by atoms with Gasteiger partial charge in [-0.25, -0.2) is 0 Å². The van der Waals surface area contributed by atoms with Crippen LogP contribution in [0.5, 0.6) is 23.0 Å². The van der Waals surface area contributed by atoms with E-state index in [0.717, 1.165) is 23.0 Å². The normalized spacial score (nSPS) is 13.1. The van der Waals surface area contributed by atoms with Crippen molar-refractivity contribution >= 4 is 88.6 Å². The zero-order valence-electron chi connectivity index (χ0n) is 59.2. The summed E-state index contributed by atoms with van der Waals surface area (Å²) in [6, 6.07) is 48.3. The summed E-state index contributed by atoms with van der Waals surface area (Å²) in [5, 5.41) is 12.6. The molecule has 9 heteroatoms. The quantitative estimate of drug-likeness (QED) is 0.0955. The third-order valence-electron chi connectivity index (χ3n) is 17.2. The van der Waals surface area contributed by atoms with Gasteiger partial charge in [0, 0.05) is 44.5 Å². The van der Waals surface area contributed by atoms with Gasteiger partial charge in [0.25, 0.3) is 0 Å². The van der Waals surface area contributed by atoms with Gasteiger partial charge in [-0.05, 0) is 172 Å². The molecule has 0 aliphatic heterocycles. The van der Waals surface area contributed by atoms with E-state index in [9.17, 15) is 0 Å². The van der Waals surface area contributed by atoms with Crippen molar-refractivity contribution in [1.82, 2.24) is 0 Å². The molecule has 0 aliphatic rings. The molecule has 0 atom stereocenters. The summed E-state index contributed by atoms with van der Waals surface area (Å²) < 4.78 is 26.3. The van der Waals surface area contributed by atoms with Gasteiger partial charge in [-0.3, -0.25) is 0 Å². The minimum absolute atomic E-state index is 0.243. The molecule has 480 valence electrons. The maximum absolute atomic E-state index is 6.58. The maximum atomic E-state index is 6.58. The third kappa shape index (κ3) is 15.1. The molecule has 0 unspecified atom stereocenters. The van der Waals surface area contributed by atoms with Crippen molar-refractivity contribution in [3.63, 3.8) is 0 Å². The molecule has 0 fully saturated rings. The predicted octanol–water partition coefficient (Wildman–Crippen LogP) is 21.0. The fourth-order valence-electron chi connectivity index (χ4n) is 12.6. The molecule has 8 aromatic carbocycles. The van der Waals surface area contributed by atoms with Gasteiger partial charge in [0.05, 0.1) is 28.4 Å². The fourth-order valence-corrected chi connectivity index (χ4v) is 17.7. The van der Waals surface area contributed by atoms with Gasteiger partial charge in [0.15, 0.2) is 0 Å². The van der Waals surface area contributed by atoms with Crippen molar-refractivity contribution in [3.8, 4) is 34.1 Å². The second kappa shape index (κ2) is 26.5. The number of ether oxygens (including phenoxy) is 4. The molecular formula is C80H104Cl2O4P2Ru. The molecule has 8 aromatic rings. The van der Waals surface area contributed by atoms with Crippen LogP contribution in [0.3, 0.4) is 0 Å². The van der Waals surface area contributed by atoms with Gasteiger partial charge < -0.3 is 18.9 Å². The molecular weight excluding hydrogens is 1260 g/mol. The van der Waals surface area contributed by atoms with Crippen LogP contribution in [0.1, 0.15) is 211 Å². The van der Waals surface area contributed by atoms with E-state index in [2.05, 4.69) is 287 Å². The summed E-state index contributed by atoms with van der Waals surface area (Å²) in [5.74, 6) is 3.88. The van der Waals surface area contributed by atoms with Crippen molar-refractivity contribution in [2.75, 3.05) is 28.4 Å². The molecule has 0 spiro atoms. The van der Waals surface area contributed by atoms with Crippen LogP contribution in [0.15, 0.2) is 121 Å². The van der Waals surface area contributed by atoms with E-state index in [1.54, 1.807) is 0 Å². The fraction of sp³-hybridized carbons (Fsp3) is 0.450. The van der Waals surface area contributed by atoms with E-state index in [-0.39, 0.29) is 58.5 Å². The van der Waals surface area contributed by atoms with Crippen molar-refractivity contribution in [2.45, 2.75) is 209 Å². The van der Waals surface area contributed by atoms with E-state index < -0.39 is 15.8 Å². The molecule has 0 saturated heterocycles.